The van der Waals surface area contributed by atoms with Gasteiger partial charge in [-0.15, -0.1) is 0 Å². The van der Waals surface area contributed by atoms with E-state index in [2.05, 4.69) is 15.6 Å². The van der Waals surface area contributed by atoms with E-state index in [1.165, 1.54) is 18.4 Å². The Balaban J connectivity index is 1.50. The molecule has 2 aromatic rings. The van der Waals surface area contributed by atoms with Crippen LogP contribution in [0, 0.1) is 5.82 Å². The number of rotatable bonds is 3. The quantitative estimate of drug-likeness (QED) is 0.879. The first-order valence-corrected chi connectivity index (χ1v) is 8.57. The molecule has 26 heavy (non-hydrogen) atoms. The predicted molar refractivity (Wildman–Crippen MR) is 90.6 cm³/mol. The lowest BCUT2D eigenvalue weighted by Crippen LogP contribution is -2.20. The number of halogens is 1. The number of hydrogen-bond donors (Lipinski definition) is 2. The molecule has 2 aliphatic heterocycles. The minimum absolute atomic E-state index is 0.00781. The number of carbonyl (C=O) groups excluding carboxylic acids is 2. The summed E-state index contributed by atoms with van der Waals surface area (Å²) < 4.78 is 25.0. The van der Waals surface area contributed by atoms with Crippen LogP contribution in [0.1, 0.15) is 47.1 Å². The van der Waals surface area contributed by atoms with Gasteiger partial charge in [0.2, 0.25) is 5.91 Å². The molecule has 4 rings (SSSR count). The minimum atomic E-state index is -0.562. The van der Waals surface area contributed by atoms with Crippen LogP contribution in [0.4, 0.5) is 15.8 Å². The van der Waals surface area contributed by atoms with Crippen LogP contribution in [0.25, 0.3) is 0 Å². The van der Waals surface area contributed by atoms with Crippen molar-refractivity contribution in [1.82, 2.24) is 4.98 Å². The molecule has 0 saturated carbocycles. The molecule has 0 atom stereocenters. The number of benzene rings is 1. The SMILES string of the molecule is O=C1CCc2cc(F)c(NC(=O)c3coc(C4CCOCC4)n3)cc2N1. The van der Waals surface area contributed by atoms with Crippen molar-refractivity contribution in [3.8, 4) is 0 Å². The lowest BCUT2D eigenvalue weighted by atomic mass is 10.0. The molecular weight excluding hydrogens is 341 g/mol. The Bertz CT molecular complexity index is 858. The number of anilines is 2. The molecule has 1 aromatic carbocycles. The molecular formula is C18H18FN3O4. The van der Waals surface area contributed by atoms with Crippen LogP contribution >= 0.6 is 0 Å². The Morgan fingerprint density at radius 2 is 2.08 bits per heavy atom. The predicted octanol–water partition coefficient (Wildman–Crippen LogP) is 2.84. The van der Waals surface area contributed by atoms with Gasteiger partial charge in [-0.2, -0.15) is 0 Å². The summed E-state index contributed by atoms with van der Waals surface area (Å²) in [5.74, 6) is -0.619. The van der Waals surface area contributed by atoms with Crippen LogP contribution in [-0.2, 0) is 16.0 Å². The number of aromatic nitrogens is 1. The number of aryl methyl sites for hydroxylation is 1. The van der Waals surface area contributed by atoms with Gasteiger partial charge < -0.3 is 19.8 Å². The topological polar surface area (TPSA) is 93.5 Å². The van der Waals surface area contributed by atoms with E-state index in [1.807, 2.05) is 0 Å². The lowest BCUT2D eigenvalue weighted by Gasteiger charge is -2.18. The maximum Gasteiger partial charge on any atom is 0.277 e. The Morgan fingerprint density at radius 3 is 2.88 bits per heavy atom. The van der Waals surface area contributed by atoms with Crippen molar-refractivity contribution in [3.05, 3.63) is 41.4 Å². The van der Waals surface area contributed by atoms with Gasteiger partial charge in [0.05, 0.1) is 5.69 Å². The van der Waals surface area contributed by atoms with Crippen LogP contribution in [0.15, 0.2) is 22.8 Å². The molecule has 1 saturated heterocycles. The summed E-state index contributed by atoms with van der Waals surface area (Å²) in [7, 11) is 0. The molecule has 1 fully saturated rings. The van der Waals surface area contributed by atoms with E-state index in [1.54, 1.807) is 0 Å². The normalized spacial score (nSPS) is 17.5. The molecule has 0 spiro atoms. The number of fused-ring (bicyclic) bond motifs is 1. The Labute approximate surface area is 148 Å². The molecule has 8 heteroatoms. The maximum absolute atomic E-state index is 14.3. The van der Waals surface area contributed by atoms with Gasteiger partial charge in [-0.05, 0) is 37.0 Å². The molecule has 2 amide bonds. The molecule has 1 aromatic heterocycles. The van der Waals surface area contributed by atoms with E-state index in [9.17, 15) is 14.0 Å². The zero-order valence-electron chi connectivity index (χ0n) is 14.0. The highest BCUT2D eigenvalue weighted by molar-refractivity contribution is 6.03. The number of oxazole rings is 1. The van der Waals surface area contributed by atoms with Crippen molar-refractivity contribution in [2.75, 3.05) is 23.8 Å². The Kier molecular flexibility index (Phi) is 4.42. The molecule has 7 nitrogen and oxygen atoms in total. The Hall–Kier alpha value is -2.74. The third kappa shape index (κ3) is 3.32. The molecule has 0 unspecified atom stereocenters. The smallest absolute Gasteiger partial charge is 0.277 e. The summed E-state index contributed by atoms with van der Waals surface area (Å²) in [6.07, 6.45) is 3.66. The average Bonchev–Trinajstić information content (AvgIpc) is 3.14. The second kappa shape index (κ2) is 6.87. The monoisotopic (exact) mass is 359 g/mol. The van der Waals surface area contributed by atoms with E-state index in [0.717, 1.165) is 12.8 Å². The minimum Gasteiger partial charge on any atom is -0.448 e. The fourth-order valence-corrected chi connectivity index (χ4v) is 3.20. The van der Waals surface area contributed by atoms with Crippen LogP contribution in [0.3, 0.4) is 0 Å². The van der Waals surface area contributed by atoms with Gasteiger partial charge in [0, 0.05) is 31.2 Å². The summed E-state index contributed by atoms with van der Waals surface area (Å²) in [5, 5.41) is 5.18. The van der Waals surface area contributed by atoms with Crippen LogP contribution < -0.4 is 10.6 Å². The van der Waals surface area contributed by atoms with Crippen molar-refractivity contribution >= 4 is 23.2 Å². The highest BCUT2D eigenvalue weighted by Crippen LogP contribution is 2.29. The summed E-state index contributed by atoms with van der Waals surface area (Å²) in [6, 6.07) is 2.76. The van der Waals surface area contributed by atoms with Gasteiger partial charge >= 0.3 is 0 Å². The second-order valence-electron chi connectivity index (χ2n) is 6.45. The number of amides is 2. The summed E-state index contributed by atoms with van der Waals surface area (Å²) in [6.45, 7) is 1.28. The van der Waals surface area contributed by atoms with Crippen LogP contribution in [0.5, 0.6) is 0 Å². The number of hydrogen-bond acceptors (Lipinski definition) is 5. The van der Waals surface area contributed by atoms with Crippen LogP contribution in [0.2, 0.25) is 0 Å². The molecule has 0 aliphatic carbocycles. The summed E-state index contributed by atoms with van der Waals surface area (Å²) in [5.41, 5.74) is 1.31. The molecule has 0 radical (unpaired) electrons. The standard InChI is InChI=1S/C18H18FN3O4/c19-12-7-11-1-2-16(23)20-13(11)8-14(12)21-17(24)15-9-26-18(22-15)10-3-5-25-6-4-10/h7-10H,1-6H2,(H,20,23)(H,21,24). The average molecular weight is 359 g/mol. The first-order valence-electron chi connectivity index (χ1n) is 8.57. The van der Waals surface area contributed by atoms with E-state index in [4.69, 9.17) is 9.15 Å². The number of nitrogens with one attached hydrogen (secondary N) is 2. The van der Waals surface area contributed by atoms with E-state index in [-0.39, 0.29) is 23.2 Å². The van der Waals surface area contributed by atoms with Gasteiger partial charge in [-0.1, -0.05) is 0 Å². The molecule has 3 heterocycles. The zero-order valence-corrected chi connectivity index (χ0v) is 14.0. The number of ether oxygens (including phenoxy) is 1. The van der Waals surface area contributed by atoms with E-state index >= 15 is 0 Å². The fourth-order valence-electron chi connectivity index (χ4n) is 3.20. The number of carbonyl (C=O) groups is 2. The fraction of sp³-hybridized carbons (Fsp3) is 0.389. The summed E-state index contributed by atoms with van der Waals surface area (Å²) >= 11 is 0. The van der Waals surface area contributed by atoms with Crippen molar-refractivity contribution in [2.24, 2.45) is 0 Å². The molecule has 2 N–H and O–H groups in total. The maximum atomic E-state index is 14.3. The third-order valence-corrected chi connectivity index (χ3v) is 4.66. The Morgan fingerprint density at radius 1 is 1.27 bits per heavy atom. The number of nitrogens with zero attached hydrogens (tertiary/aromatic N) is 1. The first-order chi connectivity index (χ1) is 12.6. The van der Waals surface area contributed by atoms with Gasteiger partial charge in [-0.25, -0.2) is 9.37 Å². The highest BCUT2D eigenvalue weighted by Gasteiger charge is 2.24. The lowest BCUT2D eigenvalue weighted by molar-refractivity contribution is -0.116. The van der Waals surface area contributed by atoms with Crippen molar-refractivity contribution in [2.45, 2.75) is 31.6 Å². The second-order valence-corrected chi connectivity index (χ2v) is 6.45. The van der Waals surface area contributed by atoms with Gasteiger partial charge in [0.25, 0.3) is 5.91 Å². The molecule has 0 bridgehead atoms. The van der Waals surface area contributed by atoms with Crippen LogP contribution in [-0.4, -0.2) is 30.0 Å². The van der Waals surface area contributed by atoms with E-state index < -0.39 is 11.7 Å². The highest BCUT2D eigenvalue weighted by atomic mass is 19.1. The van der Waals surface area contributed by atoms with Crippen molar-refractivity contribution in [1.29, 1.82) is 0 Å². The van der Waals surface area contributed by atoms with Gasteiger partial charge in [0.1, 0.15) is 12.1 Å². The van der Waals surface area contributed by atoms with Crippen molar-refractivity contribution < 1.29 is 23.1 Å². The molecule has 2 aliphatic rings. The molecule has 136 valence electrons. The van der Waals surface area contributed by atoms with Gasteiger partial charge in [0.15, 0.2) is 11.6 Å². The third-order valence-electron chi connectivity index (χ3n) is 4.66. The largest absolute Gasteiger partial charge is 0.448 e. The summed E-state index contributed by atoms with van der Waals surface area (Å²) in [4.78, 5) is 28.1. The van der Waals surface area contributed by atoms with Crippen molar-refractivity contribution in [3.63, 3.8) is 0 Å². The zero-order chi connectivity index (χ0) is 18.1. The first kappa shape index (κ1) is 16.7. The van der Waals surface area contributed by atoms with Gasteiger partial charge in [-0.3, -0.25) is 9.59 Å². The van der Waals surface area contributed by atoms with E-state index in [0.29, 0.717) is 43.2 Å².